The van der Waals surface area contributed by atoms with Crippen molar-refractivity contribution in [3.8, 4) is 16.9 Å². The predicted octanol–water partition coefficient (Wildman–Crippen LogP) is 2.19. The fourth-order valence-corrected chi connectivity index (χ4v) is 2.96. The number of para-hydroxylation sites is 1. The average molecular weight is 299 g/mol. The zero-order valence-electron chi connectivity index (χ0n) is 11.0. The largest absolute Gasteiger partial charge is 0.315 e. The molecule has 5 nitrogen and oxygen atoms in total. The summed E-state index contributed by atoms with van der Waals surface area (Å²) in [6.07, 6.45) is 5.22. The Bertz CT molecular complexity index is 871. The van der Waals surface area contributed by atoms with Crippen molar-refractivity contribution in [2.75, 3.05) is 0 Å². The SMILES string of the molecule is NS(=O)(=O)c1ccccc1-n1cccc1-c1cccnc1. The lowest BCUT2D eigenvalue weighted by atomic mass is 10.2. The fraction of sp³-hybridized carbons (Fsp3) is 0. The summed E-state index contributed by atoms with van der Waals surface area (Å²) in [5.74, 6) is 0. The van der Waals surface area contributed by atoms with Crippen molar-refractivity contribution < 1.29 is 8.42 Å². The highest BCUT2D eigenvalue weighted by molar-refractivity contribution is 7.89. The summed E-state index contributed by atoms with van der Waals surface area (Å²) in [4.78, 5) is 4.18. The van der Waals surface area contributed by atoms with Gasteiger partial charge in [-0.1, -0.05) is 12.1 Å². The zero-order chi connectivity index (χ0) is 14.9. The van der Waals surface area contributed by atoms with Gasteiger partial charge in [-0.2, -0.15) is 0 Å². The molecule has 106 valence electrons. The van der Waals surface area contributed by atoms with E-state index >= 15 is 0 Å². The first-order valence-corrected chi connectivity index (χ1v) is 7.82. The summed E-state index contributed by atoms with van der Waals surface area (Å²) in [5.41, 5.74) is 2.26. The van der Waals surface area contributed by atoms with Gasteiger partial charge >= 0.3 is 0 Å². The van der Waals surface area contributed by atoms with Crippen LogP contribution in [0.5, 0.6) is 0 Å². The lowest BCUT2D eigenvalue weighted by molar-refractivity contribution is 0.597. The summed E-state index contributed by atoms with van der Waals surface area (Å²) >= 11 is 0. The number of benzene rings is 1. The summed E-state index contributed by atoms with van der Waals surface area (Å²) in [7, 11) is -3.79. The lowest BCUT2D eigenvalue weighted by Crippen LogP contribution is -2.15. The van der Waals surface area contributed by atoms with E-state index in [1.165, 1.54) is 6.07 Å². The van der Waals surface area contributed by atoms with Crippen LogP contribution in [-0.4, -0.2) is 18.0 Å². The number of aromatic nitrogens is 2. The van der Waals surface area contributed by atoms with Gasteiger partial charge in [0.05, 0.1) is 11.4 Å². The minimum absolute atomic E-state index is 0.0892. The Balaban J connectivity index is 2.23. The van der Waals surface area contributed by atoms with E-state index < -0.39 is 10.0 Å². The van der Waals surface area contributed by atoms with Crippen molar-refractivity contribution in [3.63, 3.8) is 0 Å². The van der Waals surface area contributed by atoms with Crippen LogP contribution in [0.3, 0.4) is 0 Å². The van der Waals surface area contributed by atoms with E-state index in [1.54, 1.807) is 41.4 Å². The number of hydrogen-bond acceptors (Lipinski definition) is 3. The number of nitrogens with zero attached hydrogens (tertiary/aromatic N) is 2. The van der Waals surface area contributed by atoms with Gasteiger partial charge < -0.3 is 4.57 Å². The van der Waals surface area contributed by atoms with Gasteiger partial charge in [-0.05, 0) is 36.4 Å². The van der Waals surface area contributed by atoms with E-state index in [0.717, 1.165) is 11.3 Å². The van der Waals surface area contributed by atoms with Gasteiger partial charge in [0.1, 0.15) is 4.90 Å². The standard InChI is InChI=1S/C15H13N3O2S/c16-21(19,20)15-8-2-1-6-14(15)18-10-4-7-13(18)12-5-3-9-17-11-12/h1-11H,(H2,16,19,20). The highest BCUT2D eigenvalue weighted by Gasteiger charge is 2.16. The van der Waals surface area contributed by atoms with Crippen LogP contribution in [0.4, 0.5) is 0 Å². The Hall–Kier alpha value is -2.44. The molecule has 0 saturated heterocycles. The molecule has 0 spiro atoms. The molecule has 1 aromatic carbocycles. The third-order valence-corrected chi connectivity index (χ3v) is 4.10. The molecule has 6 heteroatoms. The second kappa shape index (κ2) is 5.16. The average Bonchev–Trinajstić information content (AvgIpc) is 2.96. The maximum absolute atomic E-state index is 11.7. The van der Waals surface area contributed by atoms with Crippen LogP contribution in [-0.2, 0) is 10.0 Å². The number of sulfonamides is 1. The molecule has 0 unspecified atom stereocenters. The predicted molar refractivity (Wildman–Crippen MR) is 80.4 cm³/mol. The molecule has 0 saturated carbocycles. The van der Waals surface area contributed by atoms with E-state index in [0.29, 0.717) is 5.69 Å². The van der Waals surface area contributed by atoms with Crippen LogP contribution in [0.1, 0.15) is 0 Å². The number of pyridine rings is 1. The molecule has 2 N–H and O–H groups in total. The third kappa shape index (κ3) is 2.58. The molecule has 0 fully saturated rings. The normalized spacial score (nSPS) is 11.5. The number of nitrogens with two attached hydrogens (primary N) is 1. The molecular formula is C15H13N3O2S. The summed E-state index contributed by atoms with van der Waals surface area (Å²) in [6.45, 7) is 0. The van der Waals surface area contributed by atoms with Crippen molar-refractivity contribution in [2.45, 2.75) is 4.90 Å². The molecule has 0 atom stereocenters. The Morgan fingerprint density at radius 3 is 2.52 bits per heavy atom. The van der Waals surface area contributed by atoms with Crippen molar-refractivity contribution in [1.29, 1.82) is 0 Å². The van der Waals surface area contributed by atoms with E-state index in [1.807, 2.05) is 24.3 Å². The van der Waals surface area contributed by atoms with Crippen LogP contribution in [0.2, 0.25) is 0 Å². The van der Waals surface area contributed by atoms with Crippen LogP contribution in [0, 0.1) is 0 Å². The smallest absolute Gasteiger partial charge is 0.240 e. The van der Waals surface area contributed by atoms with Crippen LogP contribution in [0.15, 0.2) is 72.0 Å². The van der Waals surface area contributed by atoms with Crippen LogP contribution < -0.4 is 5.14 Å². The third-order valence-electron chi connectivity index (χ3n) is 3.14. The molecule has 3 rings (SSSR count). The Kier molecular flexibility index (Phi) is 3.32. The summed E-state index contributed by atoms with van der Waals surface area (Å²) in [5, 5.41) is 5.30. The summed E-state index contributed by atoms with van der Waals surface area (Å²) in [6, 6.07) is 14.1. The molecule has 0 aliphatic heterocycles. The van der Waals surface area contributed by atoms with Gasteiger partial charge in [0.15, 0.2) is 0 Å². The Morgan fingerprint density at radius 2 is 1.81 bits per heavy atom. The molecule has 2 heterocycles. The van der Waals surface area contributed by atoms with Gasteiger partial charge in [-0.3, -0.25) is 4.98 Å². The van der Waals surface area contributed by atoms with Crippen molar-refractivity contribution in [3.05, 3.63) is 67.1 Å². The zero-order valence-corrected chi connectivity index (χ0v) is 11.9. The molecular weight excluding hydrogens is 286 g/mol. The summed E-state index contributed by atoms with van der Waals surface area (Å²) < 4.78 is 25.3. The van der Waals surface area contributed by atoms with Gasteiger partial charge in [0, 0.05) is 24.2 Å². The maximum Gasteiger partial charge on any atom is 0.240 e. The van der Waals surface area contributed by atoms with Crippen LogP contribution >= 0.6 is 0 Å². The molecule has 2 aromatic heterocycles. The van der Waals surface area contributed by atoms with Crippen molar-refractivity contribution >= 4 is 10.0 Å². The molecule has 3 aromatic rings. The van der Waals surface area contributed by atoms with Crippen molar-refractivity contribution in [1.82, 2.24) is 9.55 Å². The van der Waals surface area contributed by atoms with Crippen molar-refractivity contribution in [2.24, 2.45) is 5.14 Å². The second-order valence-electron chi connectivity index (χ2n) is 4.52. The molecule has 0 aliphatic rings. The Morgan fingerprint density at radius 1 is 1.00 bits per heavy atom. The van der Waals surface area contributed by atoms with Gasteiger partial charge in [0.25, 0.3) is 0 Å². The number of hydrogen-bond donors (Lipinski definition) is 1. The second-order valence-corrected chi connectivity index (χ2v) is 6.05. The lowest BCUT2D eigenvalue weighted by Gasteiger charge is -2.12. The highest BCUT2D eigenvalue weighted by atomic mass is 32.2. The van der Waals surface area contributed by atoms with Crippen LogP contribution in [0.25, 0.3) is 16.9 Å². The van der Waals surface area contributed by atoms with E-state index in [2.05, 4.69) is 4.98 Å². The monoisotopic (exact) mass is 299 g/mol. The quantitative estimate of drug-likeness (QED) is 0.805. The maximum atomic E-state index is 11.7. The Labute approximate surface area is 122 Å². The molecule has 21 heavy (non-hydrogen) atoms. The number of primary sulfonamides is 1. The first-order valence-electron chi connectivity index (χ1n) is 6.27. The molecule has 0 aliphatic carbocycles. The molecule has 0 radical (unpaired) electrons. The molecule has 0 bridgehead atoms. The fourth-order valence-electron chi connectivity index (χ4n) is 2.24. The highest BCUT2D eigenvalue weighted by Crippen LogP contribution is 2.26. The molecule has 0 amide bonds. The topological polar surface area (TPSA) is 78.0 Å². The minimum atomic E-state index is -3.79. The first-order chi connectivity index (χ1) is 10.1. The van der Waals surface area contributed by atoms with E-state index in [4.69, 9.17) is 5.14 Å². The first kappa shape index (κ1) is 13.5. The van der Waals surface area contributed by atoms with Gasteiger partial charge in [0.2, 0.25) is 10.0 Å². The number of rotatable bonds is 3. The van der Waals surface area contributed by atoms with Gasteiger partial charge in [-0.25, -0.2) is 13.6 Å². The van der Waals surface area contributed by atoms with Gasteiger partial charge in [-0.15, -0.1) is 0 Å². The van der Waals surface area contributed by atoms with E-state index in [9.17, 15) is 8.42 Å². The minimum Gasteiger partial charge on any atom is -0.315 e. The van der Waals surface area contributed by atoms with E-state index in [-0.39, 0.29) is 4.90 Å².